The van der Waals surface area contributed by atoms with Crippen LogP contribution in [0, 0.1) is 0 Å². The third kappa shape index (κ3) is 4.83. The van der Waals surface area contributed by atoms with Crippen molar-refractivity contribution in [2.45, 2.75) is 4.90 Å². The monoisotopic (exact) mass is 331 g/mol. The van der Waals surface area contributed by atoms with Gasteiger partial charge in [0.05, 0.1) is 16.3 Å². The lowest BCUT2D eigenvalue weighted by Crippen LogP contribution is -2.06. The van der Waals surface area contributed by atoms with Crippen LogP contribution in [0.1, 0.15) is 0 Å². The minimum Gasteiger partial charge on any atom is -0.323 e. The largest absolute Gasteiger partial charge is 0.323 e. The van der Waals surface area contributed by atoms with Gasteiger partial charge in [-0.1, -0.05) is 6.58 Å². The summed E-state index contributed by atoms with van der Waals surface area (Å²) < 4.78 is 30.7. The number of amides is 1. The molecule has 2 aromatic rings. The molecule has 1 amide bonds. The Kier molecular flexibility index (Phi) is 4.99. The highest BCUT2D eigenvalue weighted by Gasteiger charge is 2.08. The van der Waals surface area contributed by atoms with E-state index < -0.39 is 10.1 Å². The molecule has 0 aliphatic carbocycles. The predicted octanol–water partition coefficient (Wildman–Crippen LogP) is 3.47. The van der Waals surface area contributed by atoms with Gasteiger partial charge in [-0.15, -0.1) is 0 Å². The molecule has 0 atom stereocenters. The second-order valence-electron chi connectivity index (χ2n) is 4.41. The van der Waals surface area contributed by atoms with Gasteiger partial charge in [0.25, 0.3) is 10.1 Å². The summed E-state index contributed by atoms with van der Waals surface area (Å²) in [5, 5.41) is 10.5. The van der Waals surface area contributed by atoms with Gasteiger partial charge in [-0.05, 0) is 54.6 Å². The molecule has 2 N–H and O–H groups in total. The van der Waals surface area contributed by atoms with E-state index in [0.717, 1.165) is 0 Å². The Morgan fingerprint density at radius 1 is 1.00 bits per heavy atom. The molecule has 0 bridgehead atoms. The Labute approximate surface area is 133 Å². The molecule has 2 aromatic carbocycles. The van der Waals surface area contributed by atoms with Crippen molar-refractivity contribution in [2.24, 2.45) is 10.2 Å². The quantitative estimate of drug-likeness (QED) is 0.496. The summed E-state index contributed by atoms with van der Waals surface area (Å²) in [7, 11) is -4.22. The fraction of sp³-hybridized carbons (Fsp3) is 0. The van der Waals surface area contributed by atoms with Crippen LogP contribution in [0.5, 0.6) is 0 Å². The average Bonchev–Trinajstić information content (AvgIpc) is 2.53. The molecule has 0 saturated carbocycles. The van der Waals surface area contributed by atoms with Crippen molar-refractivity contribution < 1.29 is 17.8 Å². The van der Waals surface area contributed by atoms with Crippen LogP contribution in [0.15, 0.2) is 76.3 Å². The Morgan fingerprint density at radius 3 is 1.91 bits per heavy atom. The standard InChI is InChI=1S/C15H13N3O4S/c1-2-15(19)16-11-3-5-12(6-4-11)17-18-13-7-9-14(10-8-13)23(20,21)22/h2-10H,1H2,(H,16,19)(H,20,21,22)/b18-17+. The van der Waals surface area contributed by atoms with Gasteiger partial charge in [-0.3, -0.25) is 9.35 Å². The maximum atomic E-state index is 11.1. The number of azo groups is 1. The first-order valence-corrected chi connectivity index (χ1v) is 7.85. The molecule has 0 aliphatic rings. The Balaban J connectivity index is 2.08. The van der Waals surface area contributed by atoms with Crippen LogP contribution in [0.2, 0.25) is 0 Å². The minimum atomic E-state index is -4.22. The van der Waals surface area contributed by atoms with Crippen molar-refractivity contribution in [1.82, 2.24) is 0 Å². The highest BCUT2D eigenvalue weighted by molar-refractivity contribution is 7.85. The van der Waals surface area contributed by atoms with Crippen LogP contribution in [0.25, 0.3) is 0 Å². The summed E-state index contributed by atoms with van der Waals surface area (Å²) in [5.41, 5.74) is 1.59. The summed E-state index contributed by atoms with van der Waals surface area (Å²) in [5.74, 6) is -0.307. The van der Waals surface area contributed by atoms with E-state index in [-0.39, 0.29) is 10.8 Å². The number of benzene rings is 2. The van der Waals surface area contributed by atoms with Crippen LogP contribution in [0.3, 0.4) is 0 Å². The number of rotatable bonds is 5. The molecule has 0 heterocycles. The van der Waals surface area contributed by atoms with E-state index in [0.29, 0.717) is 17.1 Å². The highest BCUT2D eigenvalue weighted by atomic mass is 32.2. The average molecular weight is 331 g/mol. The van der Waals surface area contributed by atoms with E-state index in [4.69, 9.17) is 4.55 Å². The number of anilines is 1. The second kappa shape index (κ2) is 6.95. The molecule has 8 heteroatoms. The Hall–Kier alpha value is -2.84. The molecule has 0 unspecified atom stereocenters. The number of nitrogens with one attached hydrogen (secondary N) is 1. The lowest BCUT2D eigenvalue weighted by molar-refractivity contribution is -0.111. The van der Waals surface area contributed by atoms with Crippen LogP contribution in [0.4, 0.5) is 17.1 Å². The van der Waals surface area contributed by atoms with E-state index in [9.17, 15) is 13.2 Å². The van der Waals surface area contributed by atoms with Gasteiger partial charge in [0.15, 0.2) is 0 Å². The van der Waals surface area contributed by atoms with Crippen molar-refractivity contribution >= 4 is 33.1 Å². The number of hydrogen-bond acceptors (Lipinski definition) is 5. The zero-order valence-corrected chi connectivity index (χ0v) is 12.7. The Morgan fingerprint density at radius 2 is 1.48 bits per heavy atom. The van der Waals surface area contributed by atoms with E-state index in [1.165, 1.54) is 30.3 Å². The lowest BCUT2D eigenvalue weighted by atomic mass is 10.3. The molecule has 0 spiro atoms. The molecule has 0 saturated heterocycles. The molecular formula is C15H13N3O4S. The van der Waals surface area contributed by atoms with Crippen LogP contribution in [-0.2, 0) is 14.9 Å². The summed E-state index contributed by atoms with van der Waals surface area (Å²) in [6.45, 7) is 3.36. The summed E-state index contributed by atoms with van der Waals surface area (Å²) in [6.07, 6.45) is 1.17. The highest BCUT2D eigenvalue weighted by Crippen LogP contribution is 2.21. The third-order valence-electron chi connectivity index (χ3n) is 2.74. The van der Waals surface area contributed by atoms with Crippen LogP contribution < -0.4 is 5.32 Å². The number of carbonyl (C=O) groups is 1. The van der Waals surface area contributed by atoms with Gasteiger partial charge in [-0.2, -0.15) is 18.6 Å². The minimum absolute atomic E-state index is 0.209. The topological polar surface area (TPSA) is 108 Å². The zero-order valence-electron chi connectivity index (χ0n) is 11.9. The van der Waals surface area contributed by atoms with E-state index >= 15 is 0 Å². The molecule has 2 rings (SSSR count). The van der Waals surface area contributed by atoms with Gasteiger partial charge >= 0.3 is 0 Å². The van der Waals surface area contributed by atoms with E-state index in [1.807, 2.05) is 0 Å². The van der Waals surface area contributed by atoms with Crippen LogP contribution >= 0.6 is 0 Å². The molecule has 118 valence electrons. The van der Waals surface area contributed by atoms with Crippen molar-refractivity contribution in [3.8, 4) is 0 Å². The maximum absolute atomic E-state index is 11.1. The van der Waals surface area contributed by atoms with Crippen LogP contribution in [-0.4, -0.2) is 18.9 Å². The fourth-order valence-electron chi connectivity index (χ4n) is 1.60. The van der Waals surface area contributed by atoms with E-state index in [1.54, 1.807) is 24.3 Å². The maximum Gasteiger partial charge on any atom is 0.294 e. The van der Waals surface area contributed by atoms with Crippen molar-refractivity contribution in [3.63, 3.8) is 0 Å². The van der Waals surface area contributed by atoms with Gasteiger partial charge in [0.2, 0.25) is 5.91 Å². The normalized spacial score (nSPS) is 11.3. The summed E-state index contributed by atoms with van der Waals surface area (Å²) in [6, 6.07) is 12.0. The molecule has 0 aromatic heterocycles. The fourth-order valence-corrected chi connectivity index (χ4v) is 2.08. The SMILES string of the molecule is C=CC(=O)Nc1ccc(/N=N/c2ccc(S(=O)(=O)O)cc2)cc1. The number of hydrogen-bond donors (Lipinski definition) is 2. The molecule has 7 nitrogen and oxygen atoms in total. The molecule has 0 fully saturated rings. The number of carbonyl (C=O) groups excluding carboxylic acids is 1. The summed E-state index contributed by atoms with van der Waals surface area (Å²) in [4.78, 5) is 10.9. The van der Waals surface area contributed by atoms with Crippen molar-refractivity contribution in [1.29, 1.82) is 0 Å². The van der Waals surface area contributed by atoms with Gasteiger partial charge in [-0.25, -0.2) is 0 Å². The molecule has 23 heavy (non-hydrogen) atoms. The van der Waals surface area contributed by atoms with Crippen molar-refractivity contribution in [2.75, 3.05) is 5.32 Å². The first kappa shape index (κ1) is 16.5. The van der Waals surface area contributed by atoms with Gasteiger partial charge in [0.1, 0.15) is 0 Å². The molecular weight excluding hydrogens is 318 g/mol. The number of nitrogens with zero attached hydrogens (tertiary/aromatic N) is 2. The molecule has 0 radical (unpaired) electrons. The smallest absolute Gasteiger partial charge is 0.294 e. The van der Waals surface area contributed by atoms with E-state index in [2.05, 4.69) is 22.1 Å². The Bertz CT molecular complexity index is 841. The lowest BCUT2D eigenvalue weighted by Gasteiger charge is -2.01. The first-order valence-electron chi connectivity index (χ1n) is 6.41. The van der Waals surface area contributed by atoms with Crippen molar-refractivity contribution in [3.05, 3.63) is 61.2 Å². The van der Waals surface area contributed by atoms with Gasteiger partial charge < -0.3 is 5.32 Å². The third-order valence-corrected chi connectivity index (χ3v) is 3.60. The second-order valence-corrected chi connectivity index (χ2v) is 5.83. The molecule has 0 aliphatic heterocycles. The summed E-state index contributed by atoms with van der Waals surface area (Å²) >= 11 is 0. The predicted molar refractivity (Wildman–Crippen MR) is 85.7 cm³/mol. The van der Waals surface area contributed by atoms with Gasteiger partial charge in [0, 0.05) is 5.69 Å². The first-order chi connectivity index (χ1) is 10.9. The zero-order chi connectivity index (χ0) is 16.9.